The van der Waals surface area contributed by atoms with Gasteiger partial charge in [0, 0.05) is 9.13 Å². The number of hydrogen-bond acceptors (Lipinski definition) is 5. The van der Waals surface area contributed by atoms with Gasteiger partial charge in [0.05, 0.1) is 0 Å². The normalized spacial score (nSPS) is 14.1. The maximum Gasteiger partial charge on any atom is 0.432 e. The van der Waals surface area contributed by atoms with Gasteiger partial charge in [0.25, 0.3) is 0 Å². The van der Waals surface area contributed by atoms with Crippen molar-refractivity contribution in [1.29, 1.82) is 0 Å². The number of aliphatic hydroxyl groups is 1. The number of rotatable bonds is 3. The number of imidazole rings is 1. The summed E-state index contributed by atoms with van der Waals surface area (Å²) in [5.74, 6) is -0.344. The minimum Gasteiger partial charge on any atom is -0.508 e. The van der Waals surface area contributed by atoms with Gasteiger partial charge in [-0.1, -0.05) is 11.1 Å². The van der Waals surface area contributed by atoms with Crippen LogP contribution in [0.2, 0.25) is 0 Å². The molecular formula is C11H10IN3O4. The molecule has 0 saturated heterocycles. The van der Waals surface area contributed by atoms with Crippen LogP contribution in [-0.4, -0.2) is 25.1 Å². The molecule has 1 unspecified atom stereocenters. The molecule has 0 radical (unpaired) electrons. The summed E-state index contributed by atoms with van der Waals surface area (Å²) < 4.78 is 0.639. The van der Waals surface area contributed by atoms with Crippen molar-refractivity contribution in [1.82, 2.24) is 9.97 Å². The summed E-state index contributed by atoms with van der Waals surface area (Å²) in [6.07, 6.45) is 1.22. The van der Waals surface area contributed by atoms with Crippen LogP contribution < -0.4 is 0 Å². The van der Waals surface area contributed by atoms with Crippen molar-refractivity contribution in [2.24, 2.45) is 0 Å². The van der Waals surface area contributed by atoms with Crippen molar-refractivity contribution >= 4 is 28.5 Å². The largest absolute Gasteiger partial charge is 0.508 e. The minimum absolute atomic E-state index is 0.0829. The molecule has 100 valence electrons. The summed E-state index contributed by atoms with van der Waals surface area (Å²) >= 11 is 1.97. The fourth-order valence-electron chi connectivity index (χ4n) is 1.69. The molecule has 1 aromatic heterocycles. The van der Waals surface area contributed by atoms with Crippen LogP contribution in [0.5, 0.6) is 5.75 Å². The number of nitro groups is 1. The van der Waals surface area contributed by atoms with Crippen molar-refractivity contribution in [2.75, 3.05) is 0 Å². The molecule has 0 saturated carbocycles. The number of aromatic amines is 1. The van der Waals surface area contributed by atoms with Gasteiger partial charge in [-0.3, -0.25) is 0 Å². The van der Waals surface area contributed by atoms with E-state index in [0.29, 0.717) is 9.13 Å². The lowest BCUT2D eigenvalue weighted by molar-refractivity contribution is -0.393. The highest BCUT2D eigenvalue weighted by Gasteiger charge is 2.33. The number of halogens is 1. The van der Waals surface area contributed by atoms with Gasteiger partial charge in [-0.05, 0) is 46.6 Å². The molecule has 8 heteroatoms. The van der Waals surface area contributed by atoms with Gasteiger partial charge in [-0.25, -0.2) is 4.98 Å². The Balaban J connectivity index is 2.48. The lowest BCUT2D eigenvalue weighted by atomic mass is 9.93. The van der Waals surface area contributed by atoms with E-state index in [9.17, 15) is 20.3 Å². The van der Waals surface area contributed by atoms with E-state index in [0.717, 1.165) is 0 Å². The van der Waals surface area contributed by atoms with E-state index in [1.807, 2.05) is 22.6 Å². The second-order valence-electron chi connectivity index (χ2n) is 4.11. The van der Waals surface area contributed by atoms with E-state index < -0.39 is 16.5 Å². The first-order valence-corrected chi connectivity index (χ1v) is 6.31. The highest BCUT2D eigenvalue weighted by molar-refractivity contribution is 14.1. The van der Waals surface area contributed by atoms with Crippen molar-refractivity contribution in [2.45, 2.75) is 12.5 Å². The summed E-state index contributed by atoms with van der Waals surface area (Å²) in [6.45, 7) is 1.50. The Labute approximate surface area is 121 Å². The number of hydrogen-bond donors (Lipinski definition) is 3. The first kappa shape index (κ1) is 13.7. The molecule has 3 N–H and O–H groups in total. The third-order valence-corrected chi connectivity index (χ3v) is 3.63. The van der Waals surface area contributed by atoms with Gasteiger partial charge in [0.15, 0.2) is 0 Å². The van der Waals surface area contributed by atoms with Gasteiger partial charge < -0.3 is 20.3 Å². The molecule has 7 nitrogen and oxygen atoms in total. The first-order valence-electron chi connectivity index (χ1n) is 5.23. The average Bonchev–Trinajstić information content (AvgIpc) is 2.78. The fraction of sp³-hybridized carbons (Fsp3) is 0.182. The van der Waals surface area contributed by atoms with Crippen LogP contribution in [-0.2, 0) is 5.60 Å². The highest BCUT2D eigenvalue weighted by atomic mass is 127. The molecule has 1 aromatic carbocycles. The predicted molar refractivity (Wildman–Crippen MR) is 74.7 cm³/mol. The number of nitrogens with zero attached hydrogens (tertiary/aromatic N) is 2. The van der Waals surface area contributed by atoms with E-state index in [2.05, 4.69) is 9.97 Å². The number of phenols is 1. The molecular weight excluding hydrogens is 365 g/mol. The molecule has 0 aliphatic carbocycles. The molecule has 0 aliphatic rings. The van der Waals surface area contributed by atoms with Crippen LogP contribution in [0, 0.1) is 13.7 Å². The Hall–Kier alpha value is -1.68. The monoisotopic (exact) mass is 375 g/mol. The van der Waals surface area contributed by atoms with Crippen molar-refractivity contribution in [3.05, 3.63) is 49.3 Å². The summed E-state index contributed by atoms with van der Waals surface area (Å²) in [5, 5.41) is 30.5. The zero-order valence-corrected chi connectivity index (χ0v) is 12.0. The molecule has 0 amide bonds. The van der Waals surface area contributed by atoms with Gasteiger partial charge in [-0.15, -0.1) is 0 Å². The summed E-state index contributed by atoms with van der Waals surface area (Å²) in [4.78, 5) is 16.0. The molecule has 1 atom stereocenters. The maximum atomic E-state index is 10.6. The van der Waals surface area contributed by atoms with Gasteiger partial charge in [0.2, 0.25) is 0 Å². The van der Waals surface area contributed by atoms with E-state index in [1.165, 1.54) is 25.3 Å². The SMILES string of the molecule is CC(O)(c1cnc([N+](=O)[O-])[nH]1)c1ccc(O)cc1I. The van der Waals surface area contributed by atoms with Crippen LogP contribution >= 0.6 is 22.6 Å². The Morgan fingerprint density at radius 1 is 1.53 bits per heavy atom. The molecule has 0 aliphatic heterocycles. The Morgan fingerprint density at radius 3 is 2.74 bits per heavy atom. The van der Waals surface area contributed by atoms with E-state index in [4.69, 9.17) is 0 Å². The highest BCUT2D eigenvalue weighted by Crippen LogP contribution is 2.33. The number of aromatic nitrogens is 2. The lowest BCUT2D eigenvalue weighted by Gasteiger charge is -2.21. The van der Waals surface area contributed by atoms with Gasteiger partial charge in [-0.2, -0.15) is 0 Å². The van der Waals surface area contributed by atoms with E-state index in [-0.39, 0.29) is 11.4 Å². The predicted octanol–water partition coefficient (Wildman–Crippen LogP) is 1.88. The zero-order valence-electron chi connectivity index (χ0n) is 9.79. The molecule has 19 heavy (non-hydrogen) atoms. The van der Waals surface area contributed by atoms with Crippen LogP contribution in [0.1, 0.15) is 18.2 Å². The first-order chi connectivity index (χ1) is 8.82. The second-order valence-corrected chi connectivity index (χ2v) is 5.28. The number of phenolic OH excluding ortho intramolecular Hbond substituents is 1. The number of aromatic hydroxyl groups is 1. The molecule has 1 heterocycles. The van der Waals surface area contributed by atoms with Crippen molar-refractivity contribution in [3.63, 3.8) is 0 Å². The molecule has 0 fully saturated rings. The number of nitrogens with one attached hydrogen (secondary N) is 1. The maximum absolute atomic E-state index is 10.6. The van der Waals surface area contributed by atoms with E-state index in [1.54, 1.807) is 6.07 Å². The smallest absolute Gasteiger partial charge is 0.432 e. The standard InChI is InChI=1S/C11H10IN3O4/c1-11(17,7-3-2-6(16)4-8(7)12)9-5-13-10(14-9)15(18)19/h2-5,16-17H,1H3,(H,13,14). The third kappa shape index (κ3) is 2.54. The number of benzene rings is 1. The van der Waals surface area contributed by atoms with E-state index >= 15 is 0 Å². The van der Waals surface area contributed by atoms with Gasteiger partial charge in [0.1, 0.15) is 23.2 Å². The third-order valence-electron chi connectivity index (χ3n) is 2.74. The zero-order chi connectivity index (χ0) is 14.2. The second kappa shape index (κ2) is 4.78. The summed E-state index contributed by atoms with van der Waals surface area (Å²) in [6, 6.07) is 4.50. The quantitative estimate of drug-likeness (QED) is 0.431. The average molecular weight is 375 g/mol. The van der Waals surface area contributed by atoms with Crippen LogP contribution in [0.25, 0.3) is 0 Å². The molecule has 0 bridgehead atoms. The van der Waals surface area contributed by atoms with Crippen molar-refractivity contribution in [3.8, 4) is 5.75 Å². The van der Waals surface area contributed by atoms with Crippen LogP contribution in [0.3, 0.4) is 0 Å². The van der Waals surface area contributed by atoms with Crippen LogP contribution in [0.4, 0.5) is 5.95 Å². The van der Waals surface area contributed by atoms with Gasteiger partial charge >= 0.3 is 5.95 Å². The molecule has 2 aromatic rings. The molecule has 0 spiro atoms. The van der Waals surface area contributed by atoms with Crippen molar-refractivity contribution < 1.29 is 15.1 Å². The van der Waals surface area contributed by atoms with Crippen LogP contribution in [0.15, 0.2) is 24.4 Å². The Kier molecular flexibility index (Phi) is 3.45. The summed E-state index contributed by atoms with van der Waals surface area (Å²) in [7, 11) is 0. The Morgan fingerprint density at radius 2 is 2.21 bits per heavy atom. The topological polar surface area (TPSA) is 112 Å². The Bertz CT molecular complexity index is 639. The number of H-pyrrole nitrogens is 1. The molecule has 2 rings (SSSR count). The lowest BCUT2D eigenvalue weighted by Crippen LogP contribution is -2.24. The fourth-order valence-corrected chi connectivity index (χ4v) is 2.72. The summed E-state index contributed by atoms with van der Waals surface area (Å²) in [5.41, 5.74) is -0.738. The minimum atomic E-state index is -1.47.